The Kier molecular flexibility index (Phi) is 7.62. The van der Waals surface area contributed by atoms with Gasteiger partial charge in [0.15, 0.2) is 16.1 Å². The Labute approximate surface area is 194 Å². The minimum absolute atomic E-state index is 0.0221. The van der Waals surface area contributed by atoms with Gasteiger partial charge in [-0.05, 0) is 31.9 Å². The van der Waals surface area contributed by atoms with E-state index in [1.807, 2.05) is 27.7 Å². The molecule has 170 valence electrons. The van der Waals surface area contributed by atoms with Crippen LogP contribution in [0.3, 0.4) is 0 Å². The van der Waals surface area contributed by atoms with Gasteiger partial charge in [0.25, 0.3) is 5.91 Å². The lowest BCUT2D eigenvalue weighted by Crippen LogP contribution is -2.34. The summed E-state index contributed by atoms with van der Waals surface area (Å²) in [6.07, 6.45) is 0. The van der Waals surface area contributed by atoms with E-state index in [9.17, 15) is 14.0 Å². The van der Waals surface area contributed by atoms with Crippen molar-refractivity contribution in [2.24, 2.45) is 13.0 Å². The number of hydrogen-bond donors (Lipinski definition) is 2. The molecule has 2 N–H and O–H groups in total. The Bertz CT molecular complexity index is 1110. The van der Waals surface area contributed by atoms with Crippen molar-refractivity contribution in [2.45, 2.75) is 38.9 Å². The molecule has 2 heterocycles. The zero-order valence-electron chi connectivity index (χ0n) is 18.5. The molecule has 0 saturated carbocycles. The minimum Gasteiger partial charge on any atom is -0.342 e. The van der Waals surface area contributed by atoms with Gasteiger partial charge in [-0.3, -0.25) is 9.59 Å². The summed E-state index contributed by atoms with van der Waals surface area (Å²) in [7, 11) is 1.77. The summed E-state index contributed by atoms with van der Waals surface area (Å²) in [5.74, 6) is -0.658. The lowest BCUT2D eigenvalue weighted by molar-refractivity contribution is -0.113. The molecule has 3 aromatic rings. The molecule has 11 heteroatoms. The quantitative estimate of drug-likeness (QED) is 0.479. The first-order chi connectivity index (χ1) is 15.2. The Balaban J connectivity index is 1.67. The fourth-order valence-electron chi connectivity index (χ4n) is 2.93. The second kappa shape index (κ2) is 10.2. The number of benzene rings is 1. The van der Waals surface area contributed by atoms with Crippen LogP contribution in [0.15, 0.2) is 29.4 Å². The van der Waals surface area contributed by atoms with Gasteiger partial charge in [0.1, 0.15) is 5.82 Å². The molecule has 1 aromatic carbocycles. The predicted octanol–water partition coefficient (Wildman–Crippen LogP) is 3.89. The summed E-state index contributed by atoms with van der Waals surface area (Å²) < 4.78 is 15.7. The normalized spacial score (nSPS) is 12.1. The first-order valence-electron chi connectivity index (χ1n) is 9.98. The molecule has 1 atom stereocenters. The van der Waals surface area contributed by atoms with Crippen LogP contribution in [-0.2, 0) is 11.8 Å². The maximum Gasteiger partial charge on any atom is 0.254 e. The molecule has 0 aliphatic carbocycles. The number of hydrogen-bond acceptors (Lipinski definition) is 7. The smallest absolute Gasteiger partial charge is 0.254 e. The third-order valence-corrected chi connectivity index (χ3v) is 6.83. The summed E-state index contributed by atoms with van der Waals surface area (Å²) in [5, 5.41) is 15.1. The molecule has 32 heavy (non-hydrogen) atoms. The van der Waals surface area contributed by atoms with Crippen molar-refractivity contribution in [3.8, 4) is 0 Å². The first-order valence-corrected chi connectivity index (χ1v) is 11.8. The van der Waals surface area contributed by atoms with Crippen LogP contribution in [0.2, 0.25) is 0 Å². The summed E-state index contributed by atoms with van der Waals surface area (Å²) in [6.45, 7) is 7.71. The van der Waals surface area contributed by atoms with E-state index in [1.165, 1.54) is 41.3 Å². The van der Waals surface area contributed by atoms with E-state index in [0.717, 1.165) is 10.6 Å². The van der Waals surface area contributed by atoms with Crippen LogP contribution < -0.4 is 10.6 Å². The fraction of sp³-hybridized carbons (Fsp3) is 0.381. The topological polar surface area (TPSA) is 102 Å². The van der Waals surface area contributed by atoms with Crippen LogP contribution in [0, 0.1) is 25.6 Å². The van der Waals surface area contributed by atoms with Crippen LogP contribution >= 0.6 is 23.1 Å². The number of halogens is 1. The number of rotatable bonds is 8. The van der Waals surface area contributed by atoms with Gasteiger partial charge in [-0.25, -0.2) is 9.37 Å². The summed E-state index contributed by atoms with van der Waals surface area (Å²) in [4.78, 5) is 30.3. The Morgan fingerprint density at radius 3 is 2.56 bits per heavy atom. The van der Waals surface area contributed by atoms with Gasteiger partial charge < -0.3 is 15.2 Å². The van der Waals surface area contributed by atoms with Crippen molar-refractivity contribution >= 4 is 40.0 Å². The van der Waals surface area contributed by atoms with Crippen LogP contribution in [0.25, 0.3) is 0 Å². The van der Waals surface area contributed by atoms with E-state index in [4.69, 9.17) is 0 Å². The van der Waals surface area contributed by atoms with E-state index in [2.05, 4.69) is 25.8 Å². The molecular formula is C21H25FN6O2S2. The van der Waals surface area contributed by atoms with Crippen molar-refractivity contribution in [1.29, 1.82) is 0 Å². The van der Waals surface area contributed by atoms with Crippen molar-refractivity contribution in [3.05, 3.63) is 52.0 Å². The van der Waals surface area contributed by atoms with Crippen LogP contribution in [0.5, 0.6) is 0 Å². The highest BCUT2D eigenvalue weighted by molar-refractivity contribution is 7.99. The second-order valence-electron chi connectivity index (χ2n) is 7.57. The number of thioether (sulfide) groups is 1. The van der Waals surface area contributed by atoms with Gasteiger partial charge in [0, 0.05) is 11.9 Å². The van der Waals surface area contributed by atoms with Crippen molar-refractivity contribution in [1.82, 2.24) is 25.1 Å². The second-order valence-corrected chi connectivity index (χ2v) is 9.72. The van der Waals surface area contributed by atoms with E-state index in [-0.39, 0.29) is 23.1 Å². The number of aryl methyl sites for hydroxylation is 2. The molecule has 0 saturated heterocycles. The molecule has 8 nitrogen and oxygen atoms in total. The van der Waals surface area contributed by atoms with Gasteiger partial charge in [-0.1, -0.05) is 37.7 Å². The lowest BCUT2D eigenvalue weighted by Gasteiger charge is -2.21. The van der Waals surface area contributed by atoms with E-state index < -0.39 is 17.8 Å². The SMILES string of the molecule is Cc1nc(NC(=O)CSc2nnc([C@H](NC(=O)c3ccccc3F)C(C)C)n2C)sc1C. The number of carbonyl (C=O) groups excluding carboxylic acids is 2. The maximum atomic E-state index is 14.0. The van der Waals surface area contributed by atoms with E-state index in [0.29, 0.717) is 16.1 Å². The highest BCUT2D eigenvalue weighted by Gasteiger charge is 2.26. The third kappa shape index (κ3) is 5.52. The maximum absolute atomic E-state index is 14.0. The Morgan fingerprint density at radius 1 is 1.22 bits per heavy atom. The molecule has 0 aliphatic heterocycles. The first kappa shape index (κ1) is 23.9. The van der Waals surface area contributed by atoms with Gasteiger partial charge >= 0.3 is 0 Å². The van der Waals surface area contributed by atoms with Gasteiger partial charge in [0.2, 0.25) is 5.91 Å². The number of anilines is 1. The summed E-state index contributed by atoms with van der Waals surface area (Å²) in [5.41, 5.74) is 0.868. The largest absolute Gasteiger partial charge is 0.342 e. The molecular weight excluding hydrogens is 451 g/mol. The molecule has 0 radical (unpaired) electrons. The molecule has 0 fully saturated rings. The molecule has 0 aliphatic rings. The van der Waals surface area contributed by atoms with E-state index >= 15 is 0 Å². The number of nitrogens with one attached hydrogen (secondary N) is 2. The number of thiazole rings is 1. The monoisotopic (exact) mass is 476 g/mol. The molecule has 0 bridgehead atoms. The molecule has 0 spiro atoms. The third-order valence-electron chi connectivity index (χ3n) is 4.83. The number of aromatic nitrogens is 4. The average molecular weight is 477 g/mol. The van der Waals surface area contributed by atoms with Crippen molar-refractivity contribution in [2.75, 3.05) is 11.1 Å². The molecule has 0 unspecified atom stereocenters. The highest BCUT2D eigenvalue weighted by Crippen LogP contribution is 2.25. The number of nitrogens with zero attached hydrogens (tertiary/aromatic N) is 4. The number of carbonyl (C=O) groups is 2. The predicted molar refractivity (Wildman–Crippen MR) is 123 cm³/mol. The van der Waals surface area contributed by atoms with Gasteiger partial charge in [-0.15, -0.1) is 21.5 Å². The molecule has 3 rings (SSSR count). The van der Waals surface area contributed by atoms with Crippen LogP contribution in [0.4, 0.5) is 9.52 Å². The molecule has 2 aromatic heterocycles. The fourth-order valence-corrected chi connectivity index (χ4v) is 4.48. The summed E-state index contributed by atoms with van der Waals surface area (Å²) in [6, 6.07) is 5.34. The minimum atomic E-state index is -0.585. The number of amides is 2. The van der Waals surface area contributed by atoms with E-state index in [1.54, 1.807) is 17.7 Å². The molecule has 2 amide bonds. The van der Waals surface area contributed by atoms with Crippen molar-refractivity contribution < 1.29 is 14.0 Å². The van der Waals surface area contributed by atoms with Crippen molar-refractivity contribution in [3.63, 3.8) is 0 Å². The Morgan fingerprint density at radius 2 is 1.94 bits per heavy atom. The highest BCUT2D eigenvalue weighted by atomic mass is 32.2. The standard InChI is InChI=1S/C21H25FN6O2S2/c1-11(2)17(25-19(30)14-8-6-7-9-15(14)22)18-26-27-21(28(18)5)31-10-16(29)24-20-23-12(3)13(4)32-20/h6-9,11,17H,10H2,1-5H3,(H,25,30)(H,23,24,29)/t17-/m1/s1. The zero-order valence-corrected chi connectivity index (χ0v) is 20.1. The zero-order chi connectivity index (χ0) is 23.4. The lowest BCUT2D eigenvalue weighted by atomic mass is 10.0. The van der Waals surface area contributed by atoms with Crippen LogP contribution in [-0.4, -0.2) is 37.3 Å². The average Bonchev–Trinajstić information content (AvgIpc) is 3.25. The van der Waals surface area contributed by atoms with Gasteiger partial charge in [-0.2, -0.15) is 0 Å². The Hall–Kier alpha value is -2.79. The van der Waals surface area contributed by atoms with Gasteiger partial charge in [0.05, 0.1) is 23.1 Å². The summed E-state index contributed by atoms with van der Waals surface area (Å²) >= 11 is 2.67. The van der Waals surface area contributed by atoms with Crippen LogP contribution in [0.1, 0.15) is 46.6 Å².